The highest BCUT2D eigenvalue weighted by atomic mass is 16.1. The van der Waals surface area contributed by atoms with Crippen LogP contribution in [0.1, 0.15) is 50.6 Å². The quantitative estimate of drug-likeness (QED) is 0.761. The minimum Gasteiger partial charge on any atom is -0.300 e. The Balaban J connectivity index is 2.13. The van der Waals surface area contributed by atoms with Crippen molar-refractivity contribution in [3.63, 3.8) is 0 Å². The molecule has 1 aliphatic carbocycles. The van der Waals surface area contributed by atoms with Gasteiger partial charge in [-0.2, -0.15) is 5.10 Å². The summed E-state index contributed by atoms with van der Waals surface area (Å²) in [6, 6.07) is 2.07. The first-order chi connectivity index (χ1) is 7.31. The van der Waals surface area contributed by atoms with Crippen molar-refractivity contribution in [2.75, 3.05) is 0 Å². The van der Waals surface area contributed by atoms with E-state index in [1.807, 2.05) is 6.20 Å². The average molecular weight is 206 g/mol. The number of carbonyl (C=O) groups is 1. The van der Waals surface area contributed by atoms with Crippen molar-refractivity contribution < 1.29 is 4.79 Å². The molecule has 1 fully saturated rings. The molecule has 0 N–H and O–H groups in total. The normalized spacial score (nSPS) is 21.9. The van der Waals surface area contributed by atoms with Crippen LogP contribution in [0, 0.1) is 0 Å². The predicted molar refractivity (Wildman–Crippen MR) is 58.7 cm³/mol. The molecule has 82 valence electrons. The van der Waals surface area contributed by atoms with Gasteiger partial charge < -0.3 is 0 Å². The summed E-state index contributed by atoms with van der Waals surface area (Å²) in [5, 5.41) is 4.31. The summed E-state index contributed by atoms with van der Waals surface area (Å²) >= 11 is 0. The lowest BCUT2D eigenvalue weighted by Crippen LogP contribution is -2.17. The number of aromatic nitrogens is 2. The molecular formula is C12H18N2O. The smallest absolute Gasteiger partial charge is 0.133 e. The summed E-state index contributed by atoms with van der Waals surface area (Å²) in [7, 11) is 0. The van der Waals surface area contributed by atoms with E-state index in [2.05, 4.69) is 22.8 Å². The topological polar surface area (TPSA) is 34.9 Å². The van der Waals surface area contributed by atoms with Crippen LogP contribution in [0.15, 0.2) is 12.3 Å². The highest BCUT2D eigenvalue weighted by molar-refractivity contribution is 5.80. The maximum absolute atomic E-state index is 11.4. The average Bonchev–Trinajstić information content (AvgIpc) is 2.66. The van der Waals surface area contributed by atoms with Crippen molar-refractivity contribution in [2.45, 2.75) is 51.5 Å². The molecule has 3 heteroatoms. The Morgan fingerprint density at radius 3 is 3.20 bits per heavy atom. The van der Waals surface area contributed by atoms with Crippen LogP contribution in [0.4, 0.5) is 0 Å². The van der Waals surface area contributed by atoms with Gasteiger partial charge in [0, 0.05) is 37.2 Å². The Morgan fingerprint density at radius 1 is 1.60 bits per heavy atom. The van der Waals surface area contributed by atoms with Crippen molar-refractivity contribution in [1.29, 1.82) is 0 Å². The minimum atomic E-state index is 0.412. The van der Waals surface area contributed by atoms with Crippen LogP contribution in [-0.4, -0.2) is 15.6 Å². The molecule has 2 rings (SSSR count). The number of ketones is 1. The number of nitrogens with zero attached hydrogens (tertiary/aromatic N) is 2. The molecule has 15 heavy (non-hydrogen) atoms. The molecular weight excluding hydrogens is 188 g/mol. The summed E-state index contributed by atoms with van der Waals surface area (Å²) in [6.07, 6.45) is 6.62. The molecule has 1 aromatic heterocycles. The molecule has 1 saturated carbocycles. The van der Waals surface area contributed by atoms with Gasteiger partial charge in [0.2, 0.25) is 0 Å². The zero-order valence-electron chi connectivity index (χ0n) is 9.28. The van der Waals surface area contributed by atoms with Gasteiger partial charge in [0.05, 0.1) is 0 Å². The van der Waals surface area contributed by atoms with Crippen LogP contribution in [0.5, 0.6) is 0 Å². The maximum Gasteiger partial charge on any atom is 0.133 e. The van der Waals surface area contributed by atoms with Crippen LogP contribution in [0.2, 0.25) is 0 Å². The second kappa shape index (κ2) is 4.60. The molecule has 3 nitrogen and oxygen atoms in total. The molecule has 1 unspecified atom stereocenters. The molecule has 0 bridgehead atoms. The third kappa shape index (κ3) is 2.28. The third-order valence-corrected chi connectivity index (χ3v) is 3.09. The largest absolute Gasteiger partial charge is 0.300 e. The van der Waals surface area contributed by atoms with Crippen LogP contribution in [0.25, 0.3) is 0 Å². The number of carbonyl (C=O) groups excluding carboxylic acids is 1. The lowest BCUT2D eigenvalue weighted by atomic mass is 9.86. The summed E-state index contributed by atoms with van der Waals surface area (Å²) in [4.78, 5) is 11.4. The van der Waals surface area contributed by atoms with Crippen LogP contribution in [0.3, 0.4) is 0 Å². The predicted octanol–water partition coefficient (Wildman–Crippen LogP) is 2.52. The SMILES string of the molecule is CCCn1nccc1C1CCCC(=O)C1. The first kappa shape index (κ1) is 10.4. The monoisotopic (exact) mass is 206 g/mol. The van der Waals surface area contributed by atoms with Crippen molar-refractivity contribution in [3.05, 3.63) is 18.0 Å². The van der Waals surface area contributed by atoms with Gasteiger partial charge in [-0.15, -0.1) is 0 Å². The summed E-state index contributed by atoms with van der Waals surface area (Å²) < 4.78 is 2.06. The van der Waals surface area contributed by atoms with E-state index in [4.69, 9.17) is 0 Å². The van der Waals surface area contributed by atoms with Crippen molar-refractivity contribution in [1.82, 2.24) is 9.78 Å². The molecule has 0 spiro atoms. The molecule has 1 aliphatic rings. The van der Waals surface area contributed by atoms with Gasteiger partial charge in [-0.25, -0.2) is 0 Å². The summed E-state index contributed by atoms with van der Waals surface area (Å²) in [5.41, 5.74) is 1.25. The van der Waals surface area contributed by atoms with Crippen molar-refractivity contribution in [2.24, 2.45) is 0 Å². The summed E-state index contributed by atoms with van der Waals surface area (Å²) in [5.74, 6) is 0.829. The van der Waals surface area contributed by atoms with E-state index in [9.17, 15) is 4.79 Å². The molecule has 1 heterocycles. The zero-order valence-corrected chi connectivity index (χ0v) is 9.28. The van der Waals surface area contributed by atoms with E-state index in [1.54, 1.807) is 0 Å². The van der Waals surface area contributed by atoms with Crippen molar-refractivity contribution in [3.8, 4) is 0 Å². The molecule has 1 atom stereocenters. The fraction of sp³-hybridized carbons (Fsp3) is 0.667. The van der Waals surface area contributed by atoms with E-state index in [-0.39, 0.29) is 0 Å². The molecule has 0 radical (unpaired) electrons. The minimum absolute atomic E-state index is 0.412. The van der Waals surface area contributed by atoms with E-state index < -0.39 is 0 Å². The molecule has 0 amide bonds. The third-order valence-electron chi connectivity index (χ3n) is 3.09. The van der Waals surface area contributed by atoms with Gasteiger partial charge in [-0.1, -0.05) is 6.92 Å². The van der Waals surface area contributed by atoms with Crippen LogP contribution < -0.4 is 0 Å². The van der Waals surface area contributed by atoms with Gasteiger partial charge in [0.25, 0.3) is 0 Å². The molecule has 0 aliphatic heterocycles. The highest BCUT2D eigenvalue weighted by Crippen LogP contribution is 2.30. The van der Waals surface area contributed by atoms with Gasteiger partial charge in [-0.3, -0.25) is 9.48 Å². The van der Waals surface area contributed by atoms with E-state index >= 15 is 0 Å². The highest BCUT2D eigenvalue weighted by Gasteiger charge is 2.23. The number of hydrogen-bond donors (Lipinski definition) is 0. The Morgan fingerprint density at radius 2 is 2.47 bits per heavy atom. The van der Waals surface area contributed by atoms with Crippen molar-refractivity contribution >= 4 is 5.78 Å². The molecule has 0 aromatic carbocycles. The van der Waals surface area contributed by atoms with E-state index in [0.29, 0.717) is 11.7 Å². The second-order valence-corrected chi connectivity index (χ2v) is 4.31. The number of aryl methyl sites for hydroxylation is 1. The lowest BCUT2D eigenvalue weighted by molar-refractivity contribution is -0.120. The number of Topliss-reactive ketones (excluding diaryl/α,β-unsaturated/α-hetero) is 1. The van der Waals surface area contributed by atoms with Gasteiger partial charge >= 0.3 is 0 Å². The fourth-order valence-electron chi connectivity index (χ4n) is 2.37. The molecule has 1 aromatic rings. The van der Waals surface area contributed by atoms with Crippen LogP contribution in [-0.2, 0) is 11.3 Å². The standard InChI is InChI=1S/C12H18N2O/c1-2-8-14-12(6-7-13-14)10-4-3-5-11(15)9-10/h6-7,10H,2-5,8-9H2,1H3. The second-order valence-electron chi connectivity index (χ2n) is 4.31. The lowest BCUT2D eigenvalue weighted by Gasteiger charge is -2.21. The Hall–Kier alpha value is -1.12. The summed E-state index contributed by atoms with van der Waals surface area (Å²) in [6.45, 7) is 3.12. The van der Waals surface area contributed by atoms with Gasteiger partial charge in [0.1, 0.15) is 5.78 Å². The van der Waals surface area contributed by atoms with E-state index in [1.165, 1.54) is 5.69 Å². The Bertz CT molecular complexity index is 343. The van der Waals surface area contributed by atoms with Gasteiger partial charge in [-0.05, 0) is 25.3 Å². The number of rotatable bonds is 3. The maximum atomic E-state index is 11.4. The van der Waals surface area contributed by atoms with Crippen LogP contribution >= 0.6 is 0 Å². The number of hydrogen-bond acceptors (Lipinski definition) is 2. The Kier molecular flexibility index (Phi) is 3.19. The fourth-order valence-corrected chi connectivity index (χ4v) is 2.37. The first-order valence-electron chi connectivity index (χ1n) is 5.84. The van der Waals surface area contributed by atoms with E-state index in [0.717, 1.165) is 38.6 Å². The van der Waals surface area contributed by atoms with Gasteiger partial charge in [0.15, 0.2) is 0 Å². The zero-order chi connectivity index (χ0) is 10.7. The Labute approximate surface area is 90.5 Å². The first-order valence-corrected chi connectivity index (χ1v) is 5.84. The molecule has 0 saturated heterocycles.